The summed E-state index contributed by atoms with van der Waals surface area (Å²) in [5.41, 5.74) is 6.65. The molecule has 1 saturated carbocycles. The number of rotatable bonds is 4. The van der Waals surface area contributed by atoms with E-state index in [2.05, 4.69) is 15.3 Å². The zero-order valence-electron chi connectivity index (χ0n) is 10.6. The lowest BCUT2D eigenvalue weighted by Gasteiger charge is -2.33. The molecule has 0 aliphatic heterocycles. The lowest BCUT2D eigenvalue weighted by Crippen LogP contribution is -2.44. The number of aryl methyl sites for hydroxylation is 1. The molecule has 0 amide bonds. The maximum absolute atomic E-state index is 5.74. The minimum atomic E-state index is 0.120. The van der Waals surface area contributed by atoms with E-state index in [9.17, 15) is 0 Å². The summed E-state index contributed by atoms with van der Waals surface area (Å²) in [6.07, 6.45) is 2.09. The van der Waals surface area contributed by atoms with Crippen LogP contribution in [-0.4, -0.2) is 28.2 Å². The fraction of sp³-hybridized carbons (Fsp3) is 0.667. The van der Waals surface area contributed by atoms with Crippen molar-refractivity contribution in [3.63, 3.8) is 0 Å². The highest BCUT2D eigenvalue weighted by Crippen LogP contribution is 2.22. The Morgan fingerprint density at radius 2 is 2.12 bits per heavy atom. The summed E-state index contributed by atoms with van der Waals surface area (Å²) in [5, 5.41) is 3.28. The third-order valence-corrected chi connectivity index (χ3v) is 2.69. The third kappa shape index (κ3) is 3.30. The van der Waals surface area contributed by atoms with Gasteiger partial charge < -0.3 is 15.8 Å². The summed E-state index contributed by atoms with van der Waals surface area (Å²) < 4.78 is 5.57. The SMILES string of the molecule is Cc1cc(OC(C)C)nc(NC2CC(N)C2)n1. The average molecular weight is 236 g/mol. The molecule has 3 N–H and O–H groups in total. The summed E-state index contributed by atoms with van der Waals surface area (Å²) >= 11 is 0. The smallest absolute Gasteiger partial charge is 0.226 e. The molecule has 0 bridgehead atoms. The largest absolute Gasteiger partial charge is 0.475 e. The van der Waals surface area contributed by atoms with Crippen LogP contribution in [0.3, 0.4) is 0 Å². The first-order chi connectivity index (χ1) is 8.02. The number of nitrogens with two attached hydrogens (primary N) is 1. The van der Waals surface area contributed by atoms with Crippen LogP contribution in [0.1, 0.15) is 32.4 Å². The van der Waals surface area contributed by atoms with Gasteiger partial charge in [-0.25, -0.2) is 4.98 Å². The topological polar surface area (TPSA) is 73.1 Å². The lowest BCUT2D eigenvalue weighted by atomic mass is 9.88. The second-order valence-corrected chi connectivity index (χ2v) is 4.91. The second-order valence-electron chi connectivity index (χ2n) is 4.91. The minimum absolute atomic E-state index is 0.120. The number of hydrogen-bond donors (Lipinski definition) is 2. The van der Waals surface area contributed by atoms with E-state index in [0.717, 1.165) is 18.5 Å². The van der Waals surface area contributed by atoms with E-state index in [1.165, 1.54) is 0 Å². The van der Waals surface area contributed by atoms with E-state index >= 15 is 0 Å². The normalized spacial score (nSPS) is 23.4. The molecule has 17 heavy (non-hydrogen) atoms. The van der Waals surface area contributed by atoms with Gasteiger partial charge in [0, 0.05) is 23.8 Å². The molecule has 0 atom stereocenters. The van der Waals surface area contributed by atoms with Gasteiger partial charge in [0.25, 0.3) is 0 Å². The van der Waals surface area contributed by atoms with Gasteiger partial charge in [-0.15, -0.1) is 0 Å². The molecule has 5 nitrogen and oxygen atoms in total. The van der Waals surface area contributed by atoms with Crippen molar-refractivity contribution in [2.24, 2.45) is 5.73 Å². The summed E-state index contributed by atoms with van der Waals surface area (Å²) in [6.45, 7) is 5.90. The molecule has 1 aromatic rings. The molecule has 5 heteroatoms. The van der Waals surface area contributed by atoms with Gasteiger partial charge in [0.05, 0.1) is 6.10 Å². The van der Waals surface area contributed by atoms with Gasteiger partial charge in [0.2, 0.25) is 11.8 Å². The first kappa shape index (κ1) is 12.1. The van der Waals surface area contributed by atoms with Crippen LogP contribution in [0.5, 0.6) is 5.88 Å². The molecular formula is C12H20N4O. The molecule has 0 unspecified atom stereocenters. The number of ether oxygens (including phenoxy) is 1. The van der Waals surface area contributed by atoms with Crippen LogP contribution in [0.25, 0.3) is 0 Å². The zero-order valence-corrected chi connectivity index (χ0v) is 10.6. The third-order valence-electron chi connectivity index (χ3n) is 2.69. The molecule has 2 rings (SSSR count). The molecular weight excluding hydrogens is 216 g/mol. The predicted molar refractivity (Wildman–Crippen MR) is 67.2 cm³/mol. The van der Waals surface area contributed by atoms with Crippen LogP contribution < -0.4 is 15.8 Å². The molecule has 1 fully saturated rings. The van der Waals surface area contributed by atoms with E-state index in [0.29, 0.717) is 23.9 Å². The number of hydrogen-bond acceptors (Lipinski definition) is 5. The number of anilines is 1. The Morgan fingerprint density at radius 3 is 2.71 bits per heavy atom. The maximum Gasteiger partial charge on any atom is 0.226 e. The molecule has 94 valence electrons. The van der Waals surface area contributed by atoms with Crippen molar-refractivity contribution in [3.8, 4) is 5.88 Å². The Morgan fingerprint density at radius 1 is 1.41 bits per heavy atom. The zero-order chi connectivity index (χ0) is 12.4. The fourth-order valence-electron chi connectivity index (χ4n) is 1.87. The van der Waals surface area contributed by atoms with Gasteiger partial charge in [-0.2, -0.15) is 4.98 Å². The van der Waals surface area contributed by atoms with E-state index in [1.54, 1.807) is 0 Å². The van der Waals surface area contributed by atoms with Crippen molar-refractivity contribution in [3.05, 3.63) is 11.8 Å². The average Bonchev–Trinajstić information content (AvgIpc) is 2.12. The molecule has 0 spiro atoms. The number of nitrogens with one attached hydrogen (secondary N) is 1. The molecule has 1 heterocycles. The molecule has 0 saturated heterocycles. The Labute approximate surface area is 102 Å². The van der Waals surface area contributed by atoms with Gasteiger partial charge in [0.15, 0.2) is 0 Å². The lowest BCUT2D eigenvalue weighted by molar-refractivity contribution is 0.232. The van der Waals surface area contributed by atoms with Gasteiger partial charge in [0.1, 0.15) is 0 Å². The molecule has 0 radical (unpaired) electrons. The standard InChI is InChI=1S/C12H20N4O/c1-7(2)17-11-4-8(3)14-12(16-11)15-10-5-9(13)6-10/h4,7,9-10H,5-6,13H2,1-3H3,(H,14,15,16). The predicted octanol–water partition coefficient (Wildman–Crippen LogP) is 1.47. The van der Waals surface area contributed by atoms with Crippen molar-refractivity contribution in [2.75, 3.05) is 5.32 Å². The van der Waals surface area contributed by atoms with E-state index in [1.807, 2.05) is 26.8 Å². The summed E-state index contributed by atoms with van der Waals surface area (Å²) in [5.74, 6) is 1.26. The van der Waals surface area contributed by atoms with E-state index in [4.69, 9.17) is 10.5 Å². The van der Waals surface area contributed by atoms with E-state index < -0.39 is 0 Å². The number of aromatic nitrogens is 2. The maximum atomic E-state index is 5.74. The van der Waals surface area contributed by atoms with Crippen LogP contribution in [0.2, 0.25) is 0 Å². The summed E-state index contributed by atoms with van der Waals surface area (Å²) in [4.78, 5) is 8.68. The van der Waals surface area contributed by atoms with Gasteiger partial charge in [-0.05, 0) is 33.6 Å². The second kappa shape index (κ2) is 4.87. The minimum Gasteiger partial charge on any atom is -0.475 e. The molecule has 1 aromatic heterocycles. The Hall–Kier alpha value is -1.36. The fourth-order valence-corrected chi connectivity index (χ4v) is 1.87. The van der Waals surface area contributed by atoms with Crippen molar-refractivity contribution >= 4 is 5.95 Å². The van der Waals surface area contributed by atoms with Crippen LogP contribution in [0.15, 0.2) is 6.07 Å². The van der Waals surface area contributed by atoms with Gasteiger partial charge in [-0.3, -0.25) is 0 Å². The van der Waals surface area contributed by atoms with Crippen LogP contribution >= 0.6 is 0 Å². The Bertz CT molecular complexity index is 388. The Balaban J connectivity index is 2.03. The summed E-state index contributed by atoms with van der Waals surface area (Å²) in [6, 6.07) is 2.57. The van der Waals surface area contributed by atoms with Crippen LogP contribution in [-0.2, 0) is 0 Å². The highest BCUT2D eigenvalue weighted by molar-refractivity contribution is 5.32. The first-order valence-electron chi connectivity index (χ1n) is 6.07. The highest BCUT2D eigenvalue weighted by Gasteiger charge is 2.26. The highest BCUT2D eigenvalue weighted by atomic mass is 16.5. The molecule has 1 aliphatic rings. The monoisotopic (exact) mass is 236 g/mol. The van der Waals surface area contributed by atoms with Crippen LogP contribution in [0, 0.1) is 6.92 Å². The molecule has 0 aromatic carbocycles. The van der Waals surface area contributed by atoms with Crippen molar-refractivity contribution in [2.45, 2.75) is 51.8 Å². The molecule has 1 aliphatic carbocycles. The summed E-state index contributed by atoms with van der Waals surface area (Å²) in [7, 11) is 0. The van der Waals surface area contributed by atoms with Crippen molar-refractivity contribution in [1.82, 2.24) is 9.97 Å². The van der Waals surface area contributed by atoms with Crippen molar-refractivity contribution < 1.29 is 4.74 Å². The first-order valence-corrected chi connectivity index (χ1v) is 6.07. The van der Waals surface area contributed by atoms with Crippen LogP contribution in [0.4, 0.5) is 5.95 Å². The number of nitrogens with zero attached hydrogens (tertiary/aromatic N) is 2. The quantitative estimate of drug-likeness (QED) is 0.828. The van der Waals surface area contributed by atoms with Gasteiger partial charge in [-0.1, -0.05) is 0 Å². The van der Waals surface area contributed by atoms with Crippen molar-refractivity contribution in [1.29, 1.82) is 0 Å². The van der Waals surface area contributed by atoms with E-state index in [-0.39, 0.29) is 6.10 Å². The Kier molecular flexibility index (Phi) is 3.47. The van der Waals surface area contributed by atoms with Gasteiger partial charge >= 0.3 is 0 Å².